The van der Waals surface area contributed by atoms with Gasteiger partial charge in [0.2, 0.25) is 0 Å². The van der Waals surface area contributed by atoms with Crippen molar-refractivity contribution in [3.05, 3.63) is 35.9 Å². The topological polar surface area (TPSA) is 15.3 Å². The zero-order valence-electron chi connectivity index (χ0n) is 14.0. The van der Waals surface area contributed by atoms with E-state index >= 15 is 0 Å². The van der Waals surface area contributed by atoms with Crippen LogP contribution in [-0.2, 0) is 0 Å². The summed E-state index contributed by atoms with van der Waals surface area (Å²) in [5, 5.41) is 3.77. The van der Waals surface area contributed by atoms with Crippen LogP contribution in [0.1, 0.15) is 58.1 Å². The molecule has 2 nitrogen and oxygen atoms in total. The standard InChI is InChI=1S/C19H32N2/c1-4-14-20-19(18-12-7-6-8-13-18)16(3)21(5-2)15-17-10-9-11-17/h6-8,12-13,16-17,19-20H,4-5,9-11,14-15H2,1-3H3. The number of benzene rings is 1. The molecule has 2 heteroatoms. The van der Waals surface area contributed by atoms with Gasteiger partial charge in [0.1, 0.15) is 0 Å². The van der Waals surface area contributed by atoms with E-state index in [1.54, 1.807) is 0 Å². The first-order valence-electron chi connectivity index (χ1n) is 8.78. The first-order chi connectivity index (χ1) is 10.3. The number of nitrogens with zero attached hydrogens (tertiary/aromatic N) is 1. The van der Waals surface area contributed by atoms with Crippen molar-refractivity contribution in [2.24, 2.45) is 5.92 Å². The molecule has 1 fully saturated rings. The molecule has 1 aromatic rings. The zero-order chi connectivity index (χ0) is 15.1. The molecule has 21 heavy (non-hydrogen) atoms. The number of hydrogen-bond acceptors (Lipinski definition) is 2. The Labute approximate surface area is 130 Å². The number of nitrogens with one attached hydrogen (secondary N) is 1. The third-order valence-electron chi connectivity index (χ3n) is 4.95. The average molecular weight is 288 g/mol. The van der Waals surface area contributed by atoms with Crippen molar-refractivity contribution in [2.75, 3.05) is 19.6 Å². The largest absolute Gasteiger partial charge is 0.309 e. The molecule has 1 aliphatic rings. The van der Waals surface area contributed by atoms with Crippen molar-refractivity contribution < 1.29 is 0 Å². The SMILES string of the molecule is CCCNC(c1ccccc1)C(C)N(CC)CC1CCC1. The van der Waals surface area contributed by atoms with Crippen LogP contribution in [-0.4, -0.2) is 30.6 Å². The Bertz CT molecular complexity index is 386. The molecular formula is C19H32N2. The fourth-order valence-corrected chi connectivity index (χ4v) is 3.33. The van der Waals surface area contributed by atoms with Crippen molar-refractivity contribution in [3.63, 3.8) is 0 Å². The van der Waals surface area contributed by atoms with Gasteiger partial charge >= 0.3 is 0 Å². The Morgan fingerprint density at radius 2 is 1.90 bits per heavy atom. The zero-order valence-corrected chi connectivity index (χ0v) is 14.0. The molecule has 0 aromatic heterocycles. The van der Waals surface area contributed by atoms with Crippen LogP contribution >= 0.6 is 0 Å². The minimum Gasteiger partial charge on any atom is -0.309 e. The molecule has 2 rings (SSSR count). The van der Waals surface area contributed by atoms with Gasteiger partial charge in [-0.25, -0.2) is 0 Å². The summed E-state index contributed by atoms with van der Waals surface area (Å²) < 4.78 is 0. The summed E-state index contributed by atoms with van der Waals surface area (Å²) in [7, 11) is 0. The first-order valence-corrected chi connectivity index (χ1v) is 8.78. The summed E-state index contributed by atoms with van der Waals surface area (Å²) in [6, 6.07) is 11.9. The molecule has 1 aromatic carbocycles. The Kier molecular flexibility index (Phi) is 6.72. The van der Waals surface area contributed by atoms with E-state index in [4.69, 9.17) is 0 Å². The van der Waals surface area contributed by atoms with Crippen LogP contribution in [0.3, 0.4) is 0 Å². The molecule has 0 saturated heterocycles. The first kappa shape index (κ1) is 16.5. The summed E-state index contributed by atoms with van der Waals surface area (Å²) in [5.74, 6) is 0.940. The summed E-state index contributed by atoms with van der Waals surface area (Å²) in [5.41, 5.74) is 1.42. The molecule has 0 amide bonds. The van der Waals surface area contributed by atoms with Crippen molar-refractivity contribution in [1.82, 2.24) is 10.2 Å². The van der Waals surface area contributed by atoms with E-state index in [1.807, 2.05) is 0 Å². The van der Waals surface area contributed by atoms with Crippen LogP contribution in [0, 0.1) is 5.92 Å². The van der Waals surface area contributed by atoms with Crippen LogP contribution in [0.5, 0.6) is 0 Å². The molecule has 2 unspecified atom stereocenters. The Balaban J connectivity index is 2.05. The average Bonchev–Trinajstić information content (AvgIpc) is 2.47. The number of likely N-dealkylation sites (N-methyl/N-ethyl adjacent to an activating group) is 1. The van der Waals surface area contributed by atoms with Gasteiger partial charge < -0.3 is 5.32 Å². The lowest BCUT2D eigenvalue weighted by Crippen LogP contribution is -2.45. The molecule has 0 heterocycles. The molecule has 1 N–H and O–H groups in total. The van der Waals surface area contributed by atoms with Gasteiger partial charge in [0, 0.05) is 18.6 Å². The van der Waals surface area contributed by atoms with Gasteiger partial charge in [-0.05, 0) is 50.8 Å². The quantitative estimate of drug-likeness (QED) is 0.731. The van der Waals surface area contributed by atoms with Gasteiger partial charge in [-0.1, -0.05) is 50.6 Å². The van der Waals surface area contributed by atoms with E-state index < -0.39 is 0 Å². The maximum absolute atomic E-state index is 3.77. The van der Waals surface area contributed by atoms with Gasteiger partial charge in [0.15, 0.2) is 0 Å². The number of hydrogen-bond donors (Lipinski definition) is 1. The van der Waals surface area contributed by atoms with Crippen molar-refractivity contribution >= 4 is 0 Å². The van der Waals surface area contributed by atoms with E-state index in [2.05, 4.69) is 61.3 Å². The third kappa shape index (κ3) is 4.55. The second kappa shape index (κ2) is 8.55. The molecule has 0 aliphatic heterocycles. The van der Waals surface area contributed by atoms with Gasteiger partial charge in [0.25, 0.3) is 0 Å². The van der Waals surface area contributed by atoms with Crippen LogP contribution in [0.2, 0.25) is 0 Å². The predicted octanol–water partition coefficient (Wildman–Crippen LogP) is 4.24. The highest BCUT2D eigenvalue weighted by molar-refractivity contribution is 5.20. The fourth-order valence-electron chi connectivity index (χ4n) is 3.33. The lowest BCUT2D eigenvalue weighted by atomic mass is 9.84. The summed E-state index contributed by atoms with van der Waals surface area (Å²) in [6.45, 7) is 10.4. The molecule has 0 bridgehead atoms. The van der Waals surface area contributed by atoms with Gasteiger partial charge in [-0.2, -0.15) is 0 Å². The normalized spacial score (nSPS) is 18.5. The molecule has 0 spiro atoms. The minimum atomic E-state index is 0.436. The van der Waals surface area contributed by atoms with Gasteiger partial charge in [-0.15, -0.1) is 0 Å². The minimum absolute atomic E-state index is 0.436. The molecule has 1 saturated carbocycles. The Morgan fingerprint density at radius 3 is 2.43 bits per heavy atom. The molecular weight excluding hydrogens is 256 g/mol. The fraction of sp³-hybridized carbons (Fsp3) is 0.684. The van der Waals surface area contributed by atoms with Gasteiger partial charge in [-0.3, -0.25) is 4.90 Å². The van der Waals surface area contributed by atoms with E-state index in [1.165, 1.54) is 37.8 Å². The lowest BCUT2D eigenvalue weighted by Gasteiger charge is -2.39. The predicted molar refractivity (Wildman–Crippen MR) is 91.5 cm³/mol. The second-order valence-electron chi connectivity index (χ2n) is 6.47. The molecule has 0 radical (unpaired) electrons. The highest BCUT2D eigenvalue weighted by atomic mass is 15.2. The van der Waals surface area contributed by atoms with E-state index in [-0.39, 0.29) is 0 Å². The van der Waals surface area contributed by atoms with Crippen LogP contribution in [0.4, 0.5) is 0 Å². The monoisotopic (exact) mass is 288 g/mol. The third-order valence-corrected chi connectivity index (χ3v) is 4.95. The van der Waals surface area contributed by atoms with E-state index in [0.29, 0.717) is 12.1 Å². The van der Waals surface area contributed by atoms with Crippen molar-refractivity contribution in [2.45, 2.75) is 58.5 Å². The van der Waals surface area contributed by atoms with Crippen LogP contribution in [0.15, 0.2) is 30.3 Å². The molecule has 2 atom stereocenters. The maximum Gasteiger partial charge on any atom is 0.0475 e. The second-order valence-corrected chi connectivity index (χ2v) is 6.47. The highest BCUT2D eigenvalue weighted by Gasteiger charge is 2.27. The van der Waals surface area contributed by atoms with Crippen LogP contribution < -0.4 is 5.32 Å². The lowest BCUT2D eigenvalue weighted by molar-refractivity contribution is 0.122. The van der Waals surface area contributed by atoms with Crippen molar-refractivity contribution in [3.8, 4) is 0 Å². The van der Waals surface area contributed by atoms with E-state index in [9.17, 15) is 0 Å². The Hall–Kier alpha value is -0.860. The summed E-state index contributed by atoms with van der Waals surface area (Å²) in [4.78, 5) is 2.67. The number of rotatable bonds is 9. The summed E-state index contributed by atoms with van der Waals surface area (Å²) >= 11 is 0. The molecule has 1 aliphatic carbocycles. The van der Waals surface area contributed by atoms with Crippen molar-refractivity contribution in [1.29, 1.82) is 0 Å². The van der Waals surface area contributed by atoms with E-state index in [0.717, 1.165) is 19.0 Å². The Morgan fingerprint density at radius 1 is 1.19 bits per heavy atom. The molecule has 118 valence electrons. The highest BCUT2D eigenvalue weighted by Crippen LogP contribution is 2.29. The van der Waals surface area contributed by atoms with Gasteiger partial charge in [0.05, 0.1) is 0 Å². The summed E-state index contributed by atoms with van der Waals surface area (Å²) in [6.07, 6.45) is 5.49. The van der Waals surface area contributed by atoms with Crippen LogP contribution in [0.25, 0.3) is 0 Å². The smallest absolute Gasteiger partial charge is 0.0475 e. The maximum atomic E-state index is 3.77.